The van der Waals surface area contributed by atoms with Crippen LogP contribution in [-0.2, 0) is 12.8 Å². The van der Waals surface area contributed by atoms with Crippen LogP contribution in [0.5, 0.6) is 0 Å². The number of rotatable bonds is 4. The minimum Gasteiger partial charge on any atom is -0.309 e. The highest BCUT2D eigenvalue weighted by Crippen LogP contribution is 2.44. The van der Waals surface area contributed by atoms with Gasteiger partial charge in [0.1, 0.15) is 0 Å². The predicted octanol–water partition coefficient (Wildman–Crippen LogP) is 3.60. The average Bonchev–Trinajstić information content (AvgIpc) is 2.96. The van der Waals surface area contributed by atoms with Crippen molar-refractivity contribution in [3.05, 3.63) is 52.0 Å². The molecule has 1 aromatic heterocycles. The summed E-state index contributed by atoms with van der Waals surface area (Å²) in [6.07, 6.45) is 4.07. The Hall–Kier alpha value is -1.19. The van der Waals surface area contributed by atoms with Crippen LogP contribution < -0.4 is 5.32 Å². The fourth-order valence-electron chi connectivity index (χ4n) is 3.08. The lowest BCUT2D eigenvalue weighted by Gasteiger charge is -2.28. The summed E-state index contributed by atoms with van der Waals surface area (Å²) in [5, 5.41) is 7.00. The summed E-state index contributed by atoms with van der Waals surface area (Å²) in [4.78, 5) is 4.34. The molecule has 0 spiro atoms. The van der Waals surface area contributed by atoms with Crippen LogP contribution in [0, 0.1) is 5.41 Å². The van der Waals surface area contributed by atoms with E-state index < -0.39 is 0 Å². The molecule has 0 amide bonds. The SMILES string of the molecule is CC1(C)Cc2ccccc2C1NCCc1nccs1. The standard InChI is InChI=1S/C16H20N2S/c1-16(2)11-12-5-3-4-6-13(12)15(16)18-8-7-14-17-9-10-19-14/h3-6,9-10,15,18H,7-8,11H2,1-2H3. The summed E-state index contributed by atoms with van der Waals surface area (Å²) in [7, 11) is 0. The van der Waals surface area contributed by atoms with E-state index in [-0.39, 0.29) is 0 Å². The molecule has 1 aliphatic rings. The molecule has 0 bridgehead atoms. The number of fused-ring (bicyclic) bond motifs is 1. The second-order valence-corrected chi connectivity index (χ2v) is 6.91. The van der Waals surface area contributed by atoms with E-state index in [2.05, 4.69) is 48.4 Å². The first-order valence-corrected chi connectivity index (χ1v) is 7.74. The summed E-state index contributed by atoms with van der Waals surface area (Å²) in [6, 6.07) is 9.29. The van der Waals surface area contributed by atoms with Crippen LogP contribution >= 0.6 is 11.3 Å². The van der Waals surface area contributed by atoms with Crippen LogP contribution in [0.25, 0.3) is 0 Å². The third-order valence-electron chi connectivity index (χ3n) is 3.96. The summed E-state index contributed by atoms with van der Waals surface area (Å²) >= 11 is 1.74. The molecule has 0 fully saturated rings. The number of thiazole rings is 1. The zero-order valence-electron chi connectivity index (χ0n) is 11.5. The Kier molecular flexibility index (Phi) is 3.42. The first kappa shape index (κ1) is 12.8. The van der Waals surface area contributed by atoms with Crippen molar-refractivity contribution in [1.82, 2.24) is 10.3 Å². The van der Waals surface area contributed by atoms with Gasteiger partial charge in [-0.15, -0.1) is 11.3 Å². The van der Waals surface area contributed by atoms with Gasteiger partial charge in [-0.25, -0.2) is 4.98 Å². The van der Waals surface area contributed by atoms with Crippen LogP contribution in [0.15, 0.2) is 35.8 Å². The molecule has 2 nitrogen and oxygen atoms in total. The molecule has 0 saturated heterocycles. The minimum absolute atomic E-state index is 0.298. The smallest absolute Gasteiger partial charge is 0.0937 e. The first-order chi connectivity index (χ1) is 9.17. The van der Waals surface area contributed by atoms with Crippen LogP contribution in [0.2, 0.25) is 0 Å². The molecule has 1 N–H and O–H groups in total. The summed E-state index contributed by atoms with van der Waals surface area (Å²) in [6.45, 7) is 5.71. The Morgan fingerprint density at radius 3 is 3.00 bits per heavy atom. The van der Waals surface area contributed by atoms with Gasteiger partial charge in [-0.1, -0.05) is 38.1 Å². The quantitative estimate of drug-likeness (QED) is 0.920. The van der Waals surface area contributed by atoms with Gasteiger partial charge in [0.15, 0.2) is 0 Å². The molecule has 3 rings (SSSR count). The van der Waals surface area contributed by atoms with E-state index in [0.29, 0.717) is 11.5 Å². The lowest BCUT2D eigenvalue weighted by atomic mass is 9.85. The molecule has 1 heterocycles. The van der Waals surface area contributed by atoms with E-state index in [0.717, 1.165) is 19.4 Å². The first-order valence-electron chi connectivity index (χ1n) is 6.86. The zero-order chi connectivity index (χ0) is 13.3. The molecule has 1 unspecified atom stereocenters. The summed E-state index contributed by atoms with van der Waals surface area (Å²) in [5.41, 5.74) is 3.28. The maximum Gasteiger partial charge on any atom is 0.0937 e. The van der Waals surface area contributed by atoms with Gasteiger partial charge in [0, 0.05) is 30.6 Å². The molecule has 0 saturated carbocycles. The van der Waals surface area contributed by atoms with Crippen molar-refractivity contribution in [1.29, 1.82) is 0 Å². The van der Waals surface area contributed by atoms with Crippen LogP contribution in [0.4, 0.5) is 0 Å². The second kappa shape index (κ2) is 5.06. The normalized spacial score (nSPS) is 20.4. The maximum absolute atomic E-state index is 4.34. The maximum atomic E-state index is 4.34. The van der Waals surface area contributed by atoms with E-state index in [1.54, 1.807) is 11.3 Å². The molecule has 3 heteroatoms. The van der Waals surface area contributed by atoms with E-state index >= 15 is 0 Å². The van der Waals surface area contributed by atoms with Crippen molar-refractivity contribution in [2.24, 2.45) is 5.41 Å². The van der Waals surface area contributed by atoms with Crippen LogP contribution in [0.3, 0.4) is 0 Å². The Morgan fingerprint density at radius 1 is 1.37 bits per heavy atom. The highest BCUT2D eigenvalue weighted by atomic mass is 32.1. The molecule has 0 aliphatic heterocycles. The van der Waals surface area contributed by atoms with Crippen molar-refractivity contribution in [2.45, 2.75) is 32.7 Å². The van der Waals surface area contributed by atoms with Gasteiger partial charge in [0.05, 0.1) is 5.01 Å². The van der Waals surface area contributed by atoms with Gasteiger partial charge in [-0.2, -0.15) is 0 Å². The monoisotopic (exact) mass is 272 g/mol. The Labute approximate surface area is 118 Å². The number of nitrogens with zero attached hydrogens (tertiary/aromatic N) is 1. The Balaban J connectivity index is 1.69. The van der Waals surface area contributed by atoms with Gasteiger partial charge in [0.25, 0.3) is 0 Å². The van der Waals surface area contributed by atoms with E-state index in [1.165, 1.54) is 16.1 Å². The van der Waals surface area contributed by atoms with Gasteiger partial charge in [-0.3, -0.25) is 0 Å². The third kappa shape index (κ3) is 2.58. The van der Waals surface area contributed by atoms with E-state index in [9.17, 15) is 0 Å². The molecule has 100 valence electrons. The molecule has 2 aromatic rings. The van der Waals surface area contributed by atoms with Gasteiger partial charge in [-0.05, 0) is 23.0 Å². The number of nitrogens with one attached hydrogen (secondary N) is 1. The number of aromatic nitrogens is 1. The molecule has 19 heavy (non-hydrogen) atoms. The number of benzene rings is 1. The molecule has 1 aromatic carbocycles. The molecular formula is C16H20N2S. The van der Waals surface area contributed by atoms with Crippen molar-refractivity contribution in [2.75, 3.05) is 6.54 Å². The van der Waals surface area contributed by atoms with Crippen molar-refractivity contribution in [3.63, 3.8) is 0 Å². The summed E-state index contributed by atoms with van der Waals surface area (Å²) < 4.78 is 0. The molecule has 1 atom stereocenters. The highest BCUT2D eigenvalue weighted by molar-refractivity contribution is 7.09. The van der Waals surface area contributed by atoms with Crippen molar-refractivity contribution < 1.29 is 0 Å². The van der Waals surface area contributed by atoms with Gasteiger partial charge in [0.2, 0.25) is 0 Å². The topological polar surface area (TPSA) is 24.9 Å². The van der Waals surface area contributed by atoms with Crippen molar-refractivity contribution >= 4 is 11.3 Å². The Morgan fingerprint density at radius 2 is 2.21 bits per heavy atom. The van der Waals surface area contributed by atoms with Gasteiger partial charge < -0.3 is 5.32 Å². The number of hydrogen-bond acceptors (Lipinski definition) is 3. The Bertz CT molecular complexity index is 546. The van der Waals surface area contributed by atoms with Crippen molar-refractivity contribution in [3.8, 4) is 0 Å². The van der Waals surface area contributed by atoms with Crippen LogP contribution in [0.1, 0.15) is 36.0 Å². The average molecular weight is 272 g/mol. The molecule has 0 radical (unpaired) electrons. The van der Waals surface area contributed by atoms with Gasteiger partial charge >= 0.3 is 0 Å². The third-order valence-corrected chi connectivity index (χ3v) is 4.80. The summed E-state index contributed by atoms with van der Waals surface area (Å²) in [5.74, 6) is 0. The van der Waals surface area contributed by atoms with E-state index in [1.807, 2.05) is 11.6 Å². The van der Waals surface area contributed by atoms with Crippen LogP contribution in [-0.4, -0.2) is 11.5 Å². The zero-order valence-corrected chi connectivity index (χ0v) is 12.3. The largest absolute Gasteiger partial charge is 0.309 e. The minimum atomic E-state index is 0.298. The van der Waals surface area contributed by atoms with E-state index in [4.69, 9.17) is 0 Å². The lowest BCUT2D eigenvalue weighted by molar-refractivity contribution is 0.271. The molecule has 1 aliphatic carbocycles. The second-order valence-electron chi connectivity index (χ2n) is 5.93. The number of hydrogen-bond donors (Lipinski definition) is 1. The predicted molar refractivity (Wildman–Crippen MR) is 80.5 cm³/mol. The fourth-order valence-corrected chi connectivity index (χ4v) is 3.70. The molecular weight excluding hydrogens is 252 g/mol. The highest BCUT2D eigenvalue weighted by Gasteiger charge is 2.38. The fraction of sp³-hybridized carbons (Fsp3) is 0.438. The lowest BCUT2D eigenvalue weighted by Crippen LogP contribution is -2.32.